The second-order valence-corrected chi connectivity index (χ2v) is 6.51. The summed E-state index contributed by atoms with van der Waals surface area (Å²) in [5, 5.41) is 3.51. The van der Waals surface area contributed by atoms with Crippen LogP contribution in [0.4, 0.5) is 0 Å². The van der Waals surface area contributed by atoms with E-state index in [1.54, 1.807) is 53.8 Å². The second-order valence-electron chi connectivity index (χ2n) is 6.51. The zero-order valence-electron chi connectivity index (χ0n) is 16.3. The lowest BCUT2D eigenvalue weighted by Gasteiger charge is -2.11. The molecule has 0 fully saturated rings. The summed E-state index contributed by atoms with van der Waals surface area (Å²) in [5.74, 6) is 1.47. The zero-order valence-corrected chi connectivity index (χ0v) is 16.3. The summed E-state index contributed by atoms with van der Waals surface area (Å²) in [6.45, 7) is 2.09. The first-order chi connectivity index (χ1) is 14.0. The molecule has 0 radical (unpaired) electrons. The summed E-state index contributed by atoms with van der Waals surface area (Å²) in [4.78, 5) is 28.8. The van der Waals surface area contributed by atoms with Gasteiger partial charge in [-0.1, -0.05) is 0 Å². The summed E-state index contributed by atoms with van der Waals surface area (Å²) in [6, 6.07) is 8.51. The van der Waals surface area contributed by atoms with Gasteiger partial charge < -0.3 is 19.2 Å². The van der Waals surface area contributed by atoms with Crippen molar-refractivity contribution in [3.05, 3.63) is 58.4 Å². The number of aromatic nitrogens is 3. The molecule has 4 rings (SSSR count). The second kappa shape index (κ2) is 7.34. The minimum Gasteiger partial charge on any atom is -0.493 e. The quantitative estimate of drug-likeness (QED) is 0.534. The molecule has 1 N–H and O–H groups in total. The van der Waals surface area contributed by atoms with E-state index in [1.807, 2.05) is 0 Å². The van der Waals surface area contributed by atoms with Crippen LogP contribution in [0.25, 0.3) is 16.6 Å². The van der Waals surface area contributed by atoms with Crippen LogP contribution in [0, 0.1) is 6.92 Å². The third kappa shape index (κ3) is 3.31. The van der Waals surface area contributed by atoms with Gasteiger partial charge in [0.25, 0.3) is 5.56 Å². The minimum absolute atomic E-state index is 0.0155. The Morgan fingerprint density at radius 2 is 1.97 bits per heavy atom. The van der Waals surface area contributed by atoms with Crippen molar-refractivity contribution in [1.29, 1.82) is 0 Å². The first-order valence-corrected chi connectivity index (χ1v) is 8.96. The van der Waals surface area contributed by atoms with E-state index in [2.05, 4.69) is 10.3 Å². The smallest absolute Gasteiger partial charge is 0.273 e. The molecular formula is C20H20N4O5. The Bertz CT molecular complexity index is 1250. The molecule has 0 aliphatic carbocycles. The molecule has 0 aliphatic rings. The van der Waals surface area contributed by atoms with Crippen LogP contribution in [0.2, 0.25) is 0 Å². The third-order valence-corrected chi connectivity index (χ3v) is 4.68. The lowest BCUT2D eigenvalue weighted by atomic mass is 10.2. The van der Waals surface area contributed by atoms with Crippen molar-refractivity contribution in [2.45, 2.75) is 20.0 Å². The van der Waals surface area contributed by atoms with Gasteiger partial charge in [0.1, 0.15) is 12.3 Å². The highest BCUT2D eigenvalue weighted by Crippen LogP contribution is 2.34. The molecule has 0 spiro atoms. The number of furan rings is 1. The number of hydrogen-bond acceptors (Lipinski definition) is 6. The molecule has 0 unspecified atom stereocenters. The van der Waals surface area contributed by atoms with E-state index >= 15 is 0 Å². The van der Waals surface area contributed by atoms with Crippen LogP contribution in [0.3, 0.4) is 0 Å². The maximum absolute atomic E-state index is 12.6. The highest BCUT2D eigenvalue weighted by atomic mass is 16.5. The van der Waals surface area contributed by atoms with Crippen molar-refractivity contribution >= 4 is 22.5 Å². The van der Waals surface area contributed by atoms with Crippen LogP contribution in [0.1, 0.15) is 11.5 Å². The zero-order chi connectivity index (χ0) is 20.5. The van der Waals surface area contributed by atoms with Gasteiger partial charge in [-0.25, -0.2) is 4.52 Å². The first kappa shape index (κ1) is 18.6. The minimum atomic E-state index is -0.349. The Morgan fingerprint density at radius 1 is 1.21 bits per heavy atom. The maximum Gasteiger partial charge on any atom is 0.273 e. The Balaban J connectivity index is 1.83. The van der Waals surface area contributed by atoms with Crippen molar-refractivity contribution in [3.63, 3.8) is 0 Å². The van der Waals surface area contributed by atoms with E-state index in [-0.39, 0.29) is 24.6 Å². The molecule has 0 saturated heterocycles. The standard InChI is InChI=1S/C20H20N4O5/c1-12-7-18(25)22-20-14-8-16(27-2)17(28-3)9-15(14)23(24(12)20)11-19(26)21-10-13-5-4-6-29-13/h4-9H,10-11H2,1-3H3,(H,21,26). The van der Waals surface area contributed by atoms with Crippen LogP contribution in [0.5, 0.6) is 11.5 Å². The van der Waals surface area contributed by atoms with Gasteiger partial charge in [0.15, 0.2) is 17.1 Å². The van der Waals surface area contributed by atoms with Crippen LogP contribution in [-0.2, 0) is 17.9 Å². The molecule has 9 nitrogen and oxygen atoms in total. The largest absolute Gasteiger partial charge is 0.493 e. The van der Waals surface area contributed by atoms with Crippen LogP contribution >= 0.6 is 0 Å². The topological polar surface area (TPSA) is 100 Å². The highest BCUT2D eigenvalue weighted by molar-refractivity contribution is 5.96. The molecule has 4 aromatic rings. The van der Waals surface area contributed by atoms with Crippen LogP contribution in [-0.4, -0.2) is 34.3 Å². The van der Waals surface area contributed by atoms with Crippen molar-refractivity contribution in [3.8, 4) is 11.5 Å². The number of rotatable bonds is 6. The molecule has 29 heavy (non-hydrogen) atoms. The summed E-state index contributed by atoms with van der Waals surface area (Å²) in [5.41, 5.74) is 1.45. The average molecular weight is 396 g/mol. The molecule has 150 valence electrons. The summed E-state index contributed by atoms with van der Waals surface area (Å²) in [6.07, 6.45) is 1.56. The van der Waals surface area contributed by atoms with Crippen LogP contribution in [0.15, 0.2) is 45.8 Å². The molecule has 0 saturated carbocycles. The number of carbonyl (C=O) groups is 1. The van der Waals surface area contributed by atoms with E-state index in [0.717, 1.165) is 0 Å². The van der Waals surface area contributed by atoms with Gasteiger partial charge in [0.2, 0.25) is 5.91 Å². The third-order valence-electron chi connectivity index (χ3n) is 4.68. The van der Waals surface area contributed by atoms with Crippen molar-refractivity contribution in [1.82, 2.24) is 19.5 Å². The molecule has 0 bridgehead atoms. The van der Waals surface area contributed by atoms with Crippen molar-refractivity contribution in [2.75, 3.05) is 14.2 Å². The maximum atomic E-state index is 12.6. The van der Waals surface area contributed by atoms with E-state index in [0.29, 0.717) is 39.5 Å². The number of hydrogen-bond donors (Lipinski definition) is 1. The lowest BCUT2D eigenvalue weighted by Crippen LogP contribution is -2.29. The van der Waals surface area contributed by atoms with E-state index in [9.17, 15) is 9.59 Å². The van der Waals surface area contributed by atoms with Crippen molar-refractivity contribution < 1.29 is 18.7 Å². The molecule has 9 heteroatoms. The fourth-order valence-corrected chi connectivity index (χ4v) is 3.39. The number of carbonyl (C=O) groups excluding carboxylic acids is 1. The predicted molar refractivity (Wildman–Crippen MR) is 105 cm³/mol. The number of ether oxygens (including phenoxy) is 2. The number of methoxy groups -OCH3 is 2. The Kier molecular flexibility index (Phi) is 4.71. The predicted octanol–water partition coefficient (Wildman–Crippen LogP) is 1.88. The van der Waals surface area contributed by atoms with E-state index in [4.69, 9.17) is 13.9 Å². The van der Waals surface area contributed by atoms with Gasteiger partial charge in [-0.15, -0.1) is 0 Å². The lowest BCUT2D eigenvalue weighted by molar-refractivity contribution is -0.122. The fraction of sp³-hybridized carbons (Fsp3) is 0.250. The average Bonchev–Trinajstić information content (AvgIpc) is 3.32. The molecule has 3 heterocycles. The molecule has 1 aromatic carbocycles. The Labute approximate surface area is 165 Å². The number of aryl methyl sites for hydroxylation is 1. The molecular weight excluding hydrogens is 376 g/mol. The monoisotopic (exact) mass is 396 g/mol. The van der Waals surface area contributed by atoms with Gasteiger partial charge in [-0.2, -0.15) is 4.98 Å². The van der Waals surface area contributed by atoms with Gasteiger partial charge in [-0.3, -0.25) is 14.3 Å². The van der Waals surface area contributed by atoms with E-state index < -0.39 is 0 Å². The highest BCUT2D eigenvalue weighted by Gasteiger charge is 2.19. The number of nitrogens with zero attached hydrogens (tertiary/aromatic N) is 3. The Hall–Kier alpha value is -3.75. The van der Waals surface area contributed by atoms with Gasteiger partial charge in [0, 0.05) is 23.2 Å². The number of amides is 1. The SMILES string of the molecule is COc1cc2c(cc1OC)n(CC(=O)NCc1ccco1)n1c(C)cc(=O)nc21. The fourth-order valence-electron chi connectivity index (χ4n) is 3.39. The molecule has 0 aliphatic heterocycles. The van der Waals surface area contributed by atoms with E-state index in [1.165, 1.54) is 13.2 Å². The summed E-state index contributed by atoms with van der Waals surface area (Å²) in [7, 11) is 3.08. The first-order valence-electron chi connectivity index (χ1n) is 8.96. The Morgan fingerprint density at radius 3 is 2.66 bits per heavy atom. The normalized spacial score (nSPS) is 11.1. The van der Waals surface area contributed by atoms with Gasteiger partial charge in [-0.05, 0) is 25.1 Å². The van der Waals surface area contributed by atoms with Gasteiger partial charge >= 0.3 is 0 Å². The number of fused-ring (bicyclic) bond motifs is 3. The van der Waals surface area contributed by atoms with Crippen molar-refractivity contribution in [2.24, 2.45) is 0 Å². The summed E-state index contributed by atoms with van der Waals surface area (Å²) < 4.78 is 19.5. The molecule has 0 atom stereocenters. The summed E-state index contributed by atoms with van der Waals surface area (Å²) >= 11 is 0. The van der Waals surface area contributed by atoms with Gasteiger partial charge in [0.05, 0.1) is 32.5 Å². The molecule has 3 aromatic heterocycles. The number of benzene rings is 1. The molecule has 1 amide bonds. The van der Waals surface area contributed by atoms with Crippen LogP contribution < -0.4 is 20.3 Å². The number of nitrogens with one attached hydrogen (secondary N) is 1.